The number of nitrogens with zero attached hydrogens (tertiary/aromatic N) is 3. The third-order valence-electron chi connectivity index (χ3n) is 5.08. The smallest absolute Gasteiger partial charge is 0.222 e. The monoisotopic (exact) mass is 524 g/mol. The van der Waals surface area contributed by atoms with Crippen molar-refractivity contribution in [2.75, 3.05) is 19.6 Å². The third kappa shape index (κ3) is 7.97. The van der Waals surface area contributed by atoms with Crippen molar-refractivity contribution in [3.63, 3.8) is 0 Å². The van der Waals surface area contributed by atoms with Gasteiger partial charge in [-0.15, -0.1) is 24.0 Å². The van der Waals surface area contributed by atoms with Gasteiger partial charge >= 0.3 is 0 Å². The van der Waals surface area contributed by atoms with E-state index in [1.54, 1.807) is 6.20 Å². The summed E-state index contributed by atoms with van der Waals surface area (Å²) < 4.78 is 1.85. The molecule has 1 heterocycles. The minimum Gasteiger partial charge on any atom is -0.357 e. The van der Waals surface area contributed by atoms with Gasteiger partial charge in [0.1, 0.15) is 0 Å². The minimum atomic E-state index is 0. The summed E-state index contributed by atoms with van der Waals surface area (Å²) >= 11 is 0. The highest BCUT2D eigenvalue weighted by atomic mass is 127. The van der Waals surface area contributed by atoms with Crippen LogP contribution in [-0.4, -0.2) is 47.3 Å². The van der Waals surface area contributed by atoms with Crippen molar-refractivity contribution in [3.8, 4) is 5.69 Å². The van der Waals surface area contributed by atoms with E-state index in [2.05, 4.69) is 50.3 Å². The summed E-state index contributed by atoms with van der Waals surface area (Å²) in [5, 5.41) is 13.9. The molecule has 30 heavy (non-hydrogen) atoms. The average molecular weight is 524 g/mol. The van der Waals surface area contributed by atoms with E-state index in [1.165, 1.54) is 18.4 Å². The Morgan fingerprint density at radius 2 is 1.97 bits per heavy atom. The lowest BCUT2D eigenvalue weighted by Crippen LogP contribution is -2.38. The Labute approximate surface area is 196 Å². The van der Waals surface area contributed by atoms with E-state index in [4.69, 9.17) is 0 Å². The van der Waals surface area contributed by atoms with Crippen molar-refractivity contribution >= 4 is 35.8 Å². The number of carbonyl (C=O) groups is 1. The predicted octanol–water partition coefficient (Wildman–Crippen LogP) is 3.04. The zero-order chi connectivity index (χ0) is 20.3. The van der Waals surface area contributed by atoms with Gasteiger partial charge in [-0.25, -0.2) is 4.68 Å². The minimum absolute atomic E-state index is 0. The number of hydrogen-bond donors (Lipinski definition) is 3. The first-order valence-electron chi connectivity index (χ1n) is 10.6. The van der Waals surface area contributed by atoms with Gasteiger partial charge in [-0.3, -0.25) is 9.79 Å². The highest BCUT2D eigenvalue weighted by Crippen LogP contribution is 2.17. The van der Waals surface area contributed by atoms with Crippen LogP contribution in [0.5, 0.6) is 0 Å². The van der Waals surface area contributed by atoms with Crippen molar-refractivity contribution in [2.45, 2.75) is 51.5 Å². The number of hydrogen-bond acceptors (Lipinski definition) is 3. The summed E-state index contributed by atoms with van der Waals surface area (Å²) in [4.78, 5) is 16.6. The van der Waals surface area contributed by atoms with Crippen molar-refractivity contribution in [1.29, 1.82) is 0 Å². The molecular weight excluding hydrogens is 491 g/mol. The van der Waals surface area contributed by atoms with Crippen LogP contribution in [0.15, 0.2) is 47.7 Å². The summed E-state index contributed by atoms with van der Waals surface area (Å²) in [5.41, 5.74) is 2.30. The number of benzene rings is 1. The van der Waals surface area contributed by atoms with Gasteiger partial charge in [-0.1, -0.05) is 25.0 Å². The van der Waals surface area contributed by atoms with Gasteiger partial charge < -0.3 is 16.0 Å². The molecule has 8 heteroatoms. The molecule has 1 amide bonds. The van der Waals surface area contributed by atoms with Gasteiger partial charge in [0.05, 0.1) is 12.2 Å². The van der Waals surface area contributed by atoms with Crippen LogP contribution in [0.25, 0.3) is 5.69 Å². The molecule has 0 bridgehead atoms. The Morgan fingerprint density at radius 3 is 2.63 bits per heavy atom. The van der Waals surface area contributed by atoms with Gasteiger partial charge in [-0.05, 0) is 49.9 Å². The van der Waals surface area contributed by atoms with Crippen LogP contribution in [0.2, 0.25) is 0 Å². The standard InChI is InChI=1S/C22H32N6O.HI/c1-2-23-22(25-16-13-21(29)27-19-6-3-4-7-19)24-15-12-18-8-10-20(11-9-18)28-17-5-14-26-28;/h5,8-11,14,17,19H,2-4,6-7,12-13,15-16H2,1H3,(H,27,29)(H2,23,24,25);1H. The molecule has 1 aromatic heterocycles. The Kier molecular flexibility index (Phi) is 10.7. The van der Waals surface area contributed by atoms with Gasteiger partial charge in [0, 0.05) is 37.9 Å². The Balaban J connectivity index is 0.00000320. The van der Waals surface area contributed by atoms with Crippen LogP contribution < -0.4 is 16.0 Å². The fourth-order valence-electron chi connectivity index (χ4n) is 3.54. The summed E-state index contributed by atoms with van der Waals surface area (Å²) in [7, 11) is 0. The SMILES string of the molecule is CCNC(=NCCC(=O)NC1CCCC1)NCCc1ccc(-n2cccn2)cc1.I. The number of rotatable bonds is 9. The lowest BCUT2D eigenvalue weighted by molar-refractivity contribution is -0.121. The number of carbonyl (C=O) groups excluding carboxylic acids is 1. The molecule has 3 rings (SSSR count). The molecule has 164 valence electrons. The van der Waals surface area contributed by atoms with E-state index in [1.807, 2.05) is 23.9 Å². The first-order valence-corrected chi connectivity index (χ1v) is 10.6. The second-order valence-corrected chi connectivity index (χ2v) is 7.35. The Morgan fingerprint density at radius 1 is 1.20 bits per heavy atom. The van der Waals surface area contributed by atoms with E-state index in [0.717, 1.165) is 44.0 Å². The summed E-state index contributed by atoms with van der Waals surface area (Å²) in [6.45, 7) is 4.10. The fourth-order valence-corrected chi connectivity index (χ4v) is 3.54. The highest BCUT2D eigenvalue weighted by Gasteiger charge is 2.16. The van der Waals surface area contributed by atoms with Crippen molar-refractivity contribution in [2.24, 2.45) is 4.99 Å². The lowest BCUT2D eigenvalue weighted by Gasteiger charge is -2.13. The first-order chi connectivity index (χ1) is 14.2. The van der Waals surface area contributed by atoms with Crippen LogP contribution in [0, 0.1) is 0 Å². The van der Waals surface area contributed by atoms with Crippen molar-refractivity contribution in [1.82, 2.24) is 25.7 Å². The second kappa shape index (κ2) is 13.3. The van der Waals surface area contributed by atoms with Crippen molar-refractivity contribution in [3.05, 3.63) is 48.3 Å². The molecule has 7 nitrogen and oxygen atoms in total. The summed E-state index contributed by atoms with van der Waals surface area (Å²) in [5.74, 6) is 0.864. The van der Waals surface area contributed by atoms with Crippen LogP contribution in [0.4, 0.5) is 0 Å². The van der Waals surface area contributed by atoms with Gasteiger partial charge in [0.15, 0.2) is 5.96 Å². The van der Waals surface area contributed by atoms with Gasteiger partial charge in [0.2, 0.25) is 5.91 Å². The quantitative estimate of drug-likeness (QED) is 0.268. The zero-order valence-electron chi connectivity index (χ0n) is 17.6. The number of guanidine groups is 1. The largest absolute Gasteiger partial charge is 0.357 e. The highest BCUT2D eigenvalue weighted by molar-refractivity contribution is 14.0. The van der Waals surface area contributed by atoms with E-state index in [-0.39, 0.29) is 29.9 Å². The summed E-state index contributed by atoms with van der Waals surface area (Å²) in [6.07, 6.45) is 9.72. The number of aromatic nitrogens is 2. The average Bonchev–Trinajstić information content (AvgIpc) is 3.43. The fraction of sp³-hybridized carbons (Fsp3) is 0.500. The van der Waals surface area contributed by atoms with Gasteiger partial charge in [0.25, 0.3) is 0 Å². The Bertz CT molecular complexity index is 769. The topological polar surface area (TPSA) is 83.3 Å². The van der Waals surface area contributed by atoms with E-state index in [0.29, 0.717) is 19.0 Å². The maximum atomic E-state index is 12.0. The molecule has 1 fully saturated rings. The number of aliphatic imine (C=N–C) groups is 1. The molecule has 2 aromatic rings. The van der Waals surface area contributed by atoms with E-state index >= 15 is 0 Å². The molecule has 1 aliphatic rings. The summed E-state index contributed by atoms with van der Waals surface area (Å²) in [6, 6.07) is 10.7. The molecule has 1 aliphatic carbocycles. The van der Waals surface area contributed by atoms with Crippen molar-refractivity contribution < 1.29 is 4.79 Å². The molecule has 1 aromatic carbocycles. The number of halogens is 1. The predicted molar refractivity (Wildman–Crippen MR) is 132 cm³/mol. The van der Waals surface area contributed by atoms with Crippen LogP contribution in [-0.2, 0) is 11.2 Å². The molecular formula is C22H33IN6O. The molecule has 0 saturated heterocycles. The third-order valence-corrected chi connectivity index (χ3v) is 5.08. The van der Waals surface area contributed by atoms with E-state index < -0.39 is 0 Å². The van der Waals surface area contributed by atoms with Crippen LogP contribution in [0.1, 0.15) is 44.6 Å². The molecule has 0 atom stereocenters. The van der Waals surface area contributed by atoms with E-state index in [9.17, 15) is 4.79 Å². The Hall–Kier alpha value is -2.10. The van der Waals surface area contributed by atoms with Gasteiger partial charge in [-0.2, -0.15) is 5.10 Å². The molecule has 3 N–H and O–H groups in total. The lowest BCUT2D eigenvalue weighted by atomic mass is 10.1. The molecule has 0 aliphatic heterocycles. The normalized spacial score (nSPS) is 14.2. The zero-order valence-corrected chi connectivity index (χ0v) is 20.0. The maximum Gasteiger partial charge on any atom is 0.222 e. The van der Waals surface area contributed by atoms with Crippen LogP contribution in [0.3, 0.4) is 0 Å². The molecule has 0 radical (unpaired) electrons. The second-order valence-electron chi connectivity index (χ2n) is 7.35. The molecule has 1 saturated carbocycles. The van der Waals surface area contributed by atoms with Crippen LogP contribution >= 0.6 is 24.0 Å². The first kappa shape index (κ1) is 24.2. The maximum absolute atomic E-state index is 12.0. The number of amides is 1. The molecule has 0 spiro atoms. The number of nitrogens with one attached hydrogen (secondary N) is 3. The molecule has 0 unspecified atom stereocenters.